The Morgan fingerprint density at radius 3 is 2.79 bits per heavy atom. The van der Waals surface area contributed by atoms with Gasteiger partial charge in [-0.2, -0.15) is 0 Å². The fraction of sp³-hybridized carbons (Fsp3) is 0.238. The fourth-order valence-corrected chi connectivity index (χ4v) is 3.41. The molecular weight excluding hydrogens is 360 g/mol. The van der Waals surface area contributed by atoms with Crippen LogP contribution in [0.5, 0.6) is 11.5 Å². The molecule has 0 radical (unpaired) electrons. The Morgan fingerprint density at radius 2 is 1.96 bits per heavy atom. The first-order chi connectivity index (χ1) is 13.6. The van der Waals surface area contributed by atoms with E-state index < -0.39 is 12.0 Å². The van der Waals surface area contributed by atoms with Crippen LogP contribution in [-0.2, 0) is 9.53 Å². The Kier molecular flexibility index (Phi) is 4.75. The maximum absolute atomic E-state index is 13.3. The molecule has 0 saturated carbocycles. The number of esters is 1. The Bertz CT molecular complexity index is 1060. The van der Waals surface area contributed by atoms with Crippen LogP contribution in [0.2, 0.25) is 0 Å². The van der Waals surface area contributed by atoms with E-state index in [2.05, 4.69) is 4.98 Å². The average Bonchev–Trinajstić information content (AvgIpc) is 3.31. The van der Waals surface area contributed by atoms with E-state index in [1.54, 1.807) is 25.1 Å². The van der Waals surface area contributed by atoms with Gasteiger partial charge in [-0.3, -0.25) is 9.59 Å². The molecule has 0 spiro atoms. The van der Waals surface area contributed by atoms with Crippen molar-refractivity contribution in [1.29, 1.82) is 0 Å². The number of fused-ring (bicyclic) bond motifs is 2. The van der Waals surface area contributed by atoms with Gasteiger partial charge in [-0.1, -0.05) is 18.2 Å². The van der Waals surface area contributed by atoms with Crippen molar-refractivity contribution in [2.24, 2.45) is 5.73 Å². The lowest BCUT2D eigenvalue weighted by Crippen LogP contribution is -2.19. The number of hydrogen-bond acceptors (Lipinski definition) is 6. The zero-order valence-electron chi connectivity index (χ0n) is 15.4. The van der Waals surface area contributed by atoms with E-state index in [0.29, 0.717) is 28.3 Å². The molecular formula is C21H20N2O5. The molecule has 1 atom stereocenters. The summed E-state index contributed by atoms with van der Waals surface area (Å²) in [6.45, 7) is 2.15. The lowest BCUT2D eigenvalue weighted by molar-refractivity contribution is -0.143. The number of benzene rings is 2. The molecule has 0 amide bonds. The van der Waals surface area contributed by atoms with Gasteiger partial charge in [0.05, 0.1) is 18.7 Å². The molecule has 7 nitrogen and oxygen atoms in total. The van der Waals surface area contributed by atoms with Crippen LogP contribution >= 0.6 is 0 Å². The summed E-state index contributed by atoms with van der Waals surface area (Å²) in [5.41, 5.74) is 8.51. The highest BCUT2D eigenvalue weighted by Crippen LogP contribution is 2.35. The Hall–Kier alpha value is -3.32. The van der Waals surface area contributed by atoms with Gasteiger partial charge in [0.1, 0.15) is 0 Å². The first-order valence-corrected chi connectivity index (χ1v) is 9.04. The van der Waals surface area contributed by atoms with E-state index >= 15 is 0 Å². The molecule has 1 aromatic heterocycles. The van der Waals surface area contributed by atoms with Gasteiger partial charge in [-0.25, -0.2) is 0 Å². The van der Waals surface area contributed by atoms with E-state index in [1.165, 1.54) is 0 Å². The maximum atomic E-state index is 13.3. The van der Waals surface area contributed by atoms with E-state index in [0.717, 1.165) is 10.9 Å². The second kappa shape index (κ2) is 7.36. The Morgan fingerprint density at radius 1 is 1.18 bits per heavy atom. The summed E-state index contributed by atoms with van der Waals surface area (Å²) in [4.78, 5) is 28.4. The smallest absolute Gasteiger partial charge is 0.307 e. The van der Waals surface area contributed by atoms with E-state index in [4.69, 9.17) is 19.9 Å². The third kappa shape index (κ3) is 3.20. The summed E-state index contributed by atoms with van der Waals surface area (Å²) in [5, 5.41) is 0.809. The molecule has 0 fully saturated rings. The summed E-state index contributed by atoms with van der Waals surface area (Å²) < 4.78 is 15.7. The van der Waals surface area contributed by atoms with Crippen LogP contribution in [0.15, 0.2) is 42.5 Å². The summed E-state index contributed by atoms with van der Waals surface area (Å²) in [7, 11) is 0. The maximum Gasteiger partial charge on any atom is 0.307 e. The number of aromatic amines is 1. The van der Waals surface area contributed by atoms with Crippen molar-refractivity contribution in [1.82, 2.24) is 4.98 Å². The second-order valence-electron chi connectivity index (χ2n) is 6.47. The molecule has 1 aliphatic rings. The minimum absolute atomic E-state index is 0.0168. The molecule has 2 aromatic carbocycles. The molecule has 2 heterocycles. The van der Waals surface area contributed by atoms with Crippen molar-refractivity contribution in [3.63, 3.8) is 0 Å². The number of H-pyrrole nitrogens is 1. The van der Waals surface area contributed by atoms with Crippen molar-refractivity contribution in [3.05, 3.63) is 59.3 Å². The normalized spacial score (nSPS) is 13.5. The predicted octanol–water partition coefficient (Wildman–Crippen LogP) is 3.08. The molecule has 7 heteroatoms. The molecule has 0 aliphatic carbocycles. The van der Waals surface area contributed by atoms with Gasteiger partial charge in [0.15, 0.2) is 11.5 Å². The van der Waals surface area contributed by atoms with Crippen molar-refractivity contribution in [2.45, 2.75) is 19.4 Å². The number of carbonyl (C=O) groups is 2. The number of aromatic nitrogens is 1. The zero-order valence-corrected chi connectivity index (χ0v) is 15.4. The van der Waals surface area contributed by atoms with E-state index in [1.807, 2.05) is 24.3 Å². The molecule has 0 saturated heterocycles. The van der Waals surface area contributed by atoms with Crippen LogP contribution in [0.25, 0.3) is 10.9 Å². The van der Waals surface area contributed by atoms with Crippen LogP contribution in [0, 0.1) is 0 Å². The highest BCUT2D eigenvalue weighted by molar-refractivity contribution is 6.12. The number of nitrogens with one attached hydrogen (secondary N) is 1. The van der Waals surface area contributed by atoms with Crippen molar-refractivity contribution < 1.29 is 23.8 Å². The number of ketones is 1. The van der Waals surface area contributed by atoms with Crippen LogP contribution in [0.1, 0.15) is 41.0 Å². The standard InChI is InChI=1S/C21H20N2O5/c1-2-26-18(24)10-14(22)19-13-5-3-4-6-15(13)23-20(19)21(25)12-7-8-16-17(9-12)28-11-27-16/h3-9,14,23H,2,10-11,22H2,1H3. The summed E-state index contributed by atoms with van der Waals surface area (Å²) in [5.74, 6) is 0.498. The number of rotatable bonds is 6. The quantitative estimate of drug-likeness (QED) is 0.503. The number of nitrogens with two attached hydrogens (primary N) is 1. The summed E-state index contributed by atoms with van der Waals surface area (Å²) in [6.07, 6.45) is -0.0168. The molecule has 4 rings (SSSR count). The van der Waals surface area contributed by atoms with Crippen LogP contribution in [0.4, 0.5) is 0 Å². The predicted molar refractivity (Wildman–Crippen MR) is 102 cm³/mol. The van der Waals surface area contributed by atoms with Crippen molar-refractivity contribution in [2.75, 3.05) is 13.4 Å². The average molecular weight is 380 g/mol. The lowest BCUT2D eigenvalue weighted by atomic mass is 9.96. The Labute approximate surface area is 161 Å². The highest BCUT2D eigenvalue weighted by atomic mass is 16.7. The van der Waals surface area contributed by atoms with Crippen molar-refractivity contribution in [3.8, 4) is 11.5 Å². The van der Waals surface area contributed by atoms with Gasteiger partial charge >= 0.3 is 5.97 Å². The molecule has 3 N–H and O–H groups in total. The fourth-order valence-electron chi connectivity index (χ4n) is 3.41. The van der Waals surface area contributed by atoms with Gasteiger partial charge in [0.25, 0.3) is 0 Å². The molecule has 28 heavy (non-hydrogen) atoms. The summed E-state index contributed by atoms with van der Waals surface area (Å²) >= 11 is 0. The molecule has 3 aromatic rings. The topological polar surface area (TPSA) is 104 Å². The highest BCUT2D eigenvalue weighted by Gasteiger charge is 2.26. The second-order valence-corrected chi connectivity index (χ2v) is 6.47. The summed E-state index contributed by atoms with van der Waals surface area (Å²) in [6, 6.07) is 11.8. The number of ether oxygens (including phenoxy) is 3. The van der Waals surface area contributed by atoms with E-state index in [-0.39, 0.29) is 25.6 Å². The van der Waals surface area contributed by atoms with Crippen LogP contribution < -0.4 is 15.2 Å². The van der Waals surface area contributed by atoms with Gasteiger partial charge in [0, 0.05) is 28.1 Å². The first kappa shape index (κ1) is 18.1. The Balaban J connectivity index is 1.76. The van der Waals surface area contributed by atoms with Gasteiger partial charge in [-0.15, -0.1) is 0 Å². The van der Waals surface area contributed by atoms with E-state index in [9.17, 15) is 9.59 Å². The van der Waals surface area contributed by atoms with Gasteiger partial charge in [-0.05, 0) is 31.2 Å². The third-order valence-electron chi connectivity index (χ3n) is 4.67. The largest absolute Gasteiger partial charge is 0.466 e. The number of hydrogen-bond donors (Lipinski definition) is 2. The molecule has 144 valence electrons. The zero-order chi connectivity index (χ0) is 19.7. The number of para-hydroxylation sites is 1. The van der Waals surface area contributed by atoms with Crippen LogP contribution in [0.3, 0.4) is 0 Å². The molecule has 0 bridgehead atoms. The minimum atomic E-state index is -0.678. The van der Waals surface area contributed by atoms with Crippen LogP contribution in [-0.4, -0.2) is 30.1 Å². The lowest BCUT2D eigenvalue weighted by Gasteiger charge is -2.13. The SMILES string of the molecule is CCOC(=O)CC(N)c1c(C(=O)c2ccc3c(c2)OCO3)[nH]c2ccccc12. The molecule has 1 aliphatic heterocycles. The minimum Gasteiger partial charge on any atom is -0.466 e. The number of carbonyl (C=O) groups excluding carboxylic acids is 2. The molecule has 1 unspecified atom stereocenters. The van der Waals surface area contributed by atoms with Gasteiger partial charge < -0.3 is 24.9 Å². The third-order valence-corrected chi connectivity index (χ3v) is 4.67. The van der Waals surface area contributed by atoms with Gasteiger partial charge in [0.2, 0.25) is 12.6 Å². The van der Waals surface area contributed by atoms with Crippen molar-refractivity contribution >= 4 is 22.7 Å². The monoisotopic (exact) mass is 380 g/mol. The first-order valence-electron chi connectivity index (χ1n) is 9.04.